The van der Waals surface area contributed by atoms with Gasteiger partial charge in [0.25, 0.3) is 0 Å². The minimum absolute atomic E-state index is 0.0218. The summed E-state index contributed by atoms with van der Waals surface area (Å²) < 4.78 is 0. The highest BCUT2D eigenvalue weighted by atomic mass is 14.7. The molecule has 0 saturated carbocycles. The fraction of sp³-hybridized carbons (Fsp3) is 0.333. The summed E-state index contributed by atoms with van der Waals surface area (Å²) in [6, 6.07) is 13.7. The Hall–Kier alpha value is -3.52. The van der Waals surface area contributed by atoms with Crippen molar-refractivity contribution in [3.63, 3.8) is 0 Å². The van der Waals surface area contributed by atoms with Gasteiger partial charge in [0.05, 0.1) is 0 Å². The topological polar surface area (TPSA) is 31.6 Å². The fourth-order valence-electron chi connectivity index (χ4n) is 5.99. The van der Waals surface area contributed by atoms with E-state index in [0.717, 1.165) is 12.8 Å². The van der Waals surface area contributed by atoms with E-state index in [1.807, 2.05) is 12.2 Å². The molecule has 5 rings (SSSR count). The lowest BCUT2D eigenvalue weighted by Gasteiger charge is -2.38. The first kappa shape index (κ1) is 26.1. The SMILES string of the molecule is C=CC(C)(C)c1c[nH]c2ccc(/C=C/[C@@]3(C)CCC(C)=C[C@@H]3c3ccc4[nH]cc(C(C)(C)C=C)c4c3)cc12. The summed E-state index contributed by atoms with van der Waals surface area (Å²) in [4.78, 5) is 6.93. The molecule has 0 bridgehead atoms. The standard InChI is InChI=1S/C36H42N2/c1-9-34(4,5)30-22-37-32-13-11-25(20-27(30)32)16-18-36(8)17-15-24(3)19-29(36)26-12-14-33-28(21-26)31(23-38-33)35(6,7)10-2/h9-14,16,18-23,29,37-38H,1-2,15,17H2,3-8H3/b18-16+/t29-,36-/m1/s1. The Kier molecular flexibility index (Phi) is 6.42. The van der Waals surface area contributed by atoms with Crippen molar-refractivity contribution in [3.05, 3.63) is 114 Å². The van der Waals surface area contributed by atoms with Gasteiger partial charge >= 0.3 is 0 Å². The van der Waals surface area contributed by atoms with E-state index in [1.54, 1.807) is 0 Å². The lowest BCUT2D eigenvalue weighted by atomic mass is 9.66. The van der Waals surface area contributed by atoms with Gasteiger partial charge in [-0.3, -0.25) is 0 Å². The number of benzene rings is 2. The van der Waals surface area contributed by atoms with Crippen LogP contribution in [0.2, 0.25) is 0 Å². The van der Waals surface area contributed by atoms with E-state index in [0.29, 0.717) is 5.92 Å². The van der Waals surface area contributed by atoms with Crippen LogP contribution in [0.1, 0.15) is 82.6 Å². The average Bonchev–Trinajstić information content (AvgIpc) is 3.53. The lowest BCUT2D eigenvalue weighted by molar-refractivity contribution is 0.334. The maximum Gasteiger partial charge on any atom is 0.0457 e. The minimum atomic E-state index is -0.0890. The molecule has 4 aromatic rings. The van der Waals surface area contributed by atoms with Crippen LogP contribution >= 0.6 is 0 Å². The molecule has 38 heavy (non-hydrogen) atoms. The smallest absolute Gasteiger partial charge is 0.0457 e. The summed E-state index contributed by atoms with van der Waals surface area (Å²) in [6.07, 6.45) is 17.9. The first-order valence-corrected chi connectivity index (χ1v) is 13.8. The van der Waals surface area contributed by atoms with Gasteiger partial charge in [-0.15, -0.1) is 13.2 Å². The molecule has 0 radical (unpaired) electrons. The lowest BCUT2D eigenvalue weighted by Crippen LogP contribution is -2.25. The Labute approximate surface area is 228 Å². The van der Waals surface area contributed by atoms with Crippen molar-refractivity contribution >= 4 is 27.9 Å². The summed E-state index contributed by atoms with van der Waals surface area (Å²) in [5.41, 5.74) is 8.89. The number of H-pyrrole nitrogens is 2. The third kappa shape index (κ3) is 4.51. The van der Waals surface area contributed by atoms with Crippen molar-refractivity contribution in [2.45, 2.75) is 71.1 Å². The van der Waals surface area contributed by atoms with Gasteiger partial charge in [-0.05, 0) is 71.7 Å². The monoisotopic (exact) mass is 502 g/mol. The summed E-state index contributed by atoms with van der Waals surface area (Å²) in [6.45, 7) is 21.8. The van der Waals surface area contributed by atoms with Crippen LogP contribution in [0.15, 0.2) is 91.8 Å². The molecule has 2 heteroatoms. The van der Waals surface area contributed by atoms with Gasteiger partial charge in [0, 0.05) is 50.9 Å². The van der Waals surface area contributed by atoms with E-state index in [4.69, 9.17) is 0 Å². The Morgan fingerprint density at radius 3 is 2.05 bits per heavy atom. The Morgan fingerprint density at radius 1 is 0.868 bits per heavy atom. The molecule has 2 nitrogen and oxygen atoms in total. The van der Waals surface area contributed by atoms with Crippen molar-refractivity contribution in [1.29, 1.82) is 0 Å². The van der Waals surface area contributed by atoms with Gasteiger partial charge < -0.3 is 9.97 Å². The second-order valence-corrected chi connectivity index (χ2v) is 12.7. The van der Waals surface area contributed by atoms with Crippen LogP contribution < -0.4 is 0 Å². The zero-order valence-electron chi connectivity index (χ0n) is 23.9. The maximum absolute atomic E-state index is 4.09. The van der Waals surface area contributed by atoms with E-state index < -0.39 is 0 Å². The highest BCUT2D eigenvalue weighted by molar-refractivity contribution is 5.87. The second-order valence-electron chi connectivity index (χ2n) is 12.7. The van der Waals surface area contributed by atoms with Crippen LogP contribution in [0.3, 0.4) is 0 Å². The zero-order valence-corrected chi connectivity index (χ0v) is 23.9. The summed E-state index contributed by atoms with van der Waals surface area (Å²) in [5.74, 6) is 0.317. The Balaban J connectivity index is 1.54. The highest BCUT2D eigenvalue weighted by Crippen LogP contribution is 2.48. The van der Waals surface area contributed by atoms with E-state index in [-0.39, 0.29) is 16.2 Å². The van der Waals surface area contributed by atoms with E-state index in [9.17, 15) is 0 Å². The van der Waals surface area contributed by atoms with Crippen molar-refractivity contribution < 1.29 is 0 Å². The summed E-state index contributed by atoms with van der Waals surface area (Å²) >= 11 is 0. The van der Waals surface area contributed by atoms with Crippen molar-refractivity contribution in [3.8, 4) is 0 Å². The molecule has 2 N–H and O–H groups in total. The third-order valence-electron chi connectivity index (χ3n) is 9.06. The van der Waals surface area contributed by atoms with Gasteiger partial charge in [0.2, 0.25) is 0 Å². The van der Waals surface area contributed by atoms with Crippen molar-refractivity contribution in [2.75, 3.05) is 0 Å². The molecule has 2 aromatic carbocycles. The van der Waals surface area contributed by atoms with Crippen LogP contribution in [-0.4, -0.2) is 9.97 Å². The molecule has 0 spiro atoms. The maximum atomic E-state index is 4.09. The van der Waals surface area contributed by atoms with E-state index in [2.05, 4.69) is 132 Å². The number of hydrogen-bond acceptors (Lipinski definition) is 0. The number of fused-ring (bicyclic) bond motifs is 2. The minimum Gasteiger partial charge on any atom is -0.361 e. The molecule has 0 saturated heterocycles. The third-order valence-corrected chi connectivity index (χ3v) is 9.06. The van der Waals surface area contributed by atoms with Crippen LogP contribution in [0.4, 0.5) is 0 Å². The van der Waals surface area contributed by atoms with E-state index in [1.165, 1.54) is 49.6 Å². The number of hydrogen-bond donors (Lipinski definition) is 2. The van der Waals surface area contributed by atoms with Gasteiger partial charge in [-0.1, -0.05) is 82.7 Å². The molecule has 1 aliphatic rings. The normalized spacial score (nSPS) is 20.8. The molecule has 0 fully saturated rings. The van der Waals surface area contributed by atoms with Gasteiger partial charge in [0.1, 0.15) is 0 Å². The number of rotatable bonds is 7. The van der Waals surface area contributed by atoms with Crippen LogP contribution in [0.5, 0.6) is 0 Å². The quantitative estimate of drug-likeness (QED) is 0.236. The first-order chi connectivity index (χ1) is 18.0. The second kappa shape index (κ2) is 9.34. The molecule has 196 valence electrons. The van der Waals surface area contributed by atoms with Crippen molar-refractivity contribution in [1.82, 2.24) is 9.97 Å². The highest BCUT2D eigenvalue weighted by Gasteiger charge is 2.35. The number of allylic oxidation sites excluding steroid dienone is 5. The molecule has 2 aromatic heterocycles. The summed E-state index contributed by atoms with van der Waals surface area (Å²) in [7, 11) is 0. The molecule has 0 aliphatic heterocycles. The molecule has 1 aliphatic carbocycles. The van der Waals surface area contributed by atoms with E-state index >= 15 is 0 Å². The van der Waals surface area contributed by atoms with Gasteiger partial charge in [-0.25, -0.2) is 0 Å². The number of nitrogens with one attached hydrogen (secondary N) is 2. The molecule has 0 unspecified atom stereocenters. The fourth-order valence-corrected chi connectivity index (χ4v) is 5.99. The summed E-state index contributed by atoms with van der Waals surface area (Å²) in [5, 5.41) is 2.57. The predicted octanol–water partition coefficient (Wildman–Crippen LogP) is 10.1. The molecule has 2 heterocycles. The molecule has 2 atom stereocenters. The van der Waals surface area contributed by atoms with Gasteiger partial charge in [-0.2, -0.15) is 0 Å². The molecule has 0 amide bonds. The molecular formula is C36H42N2. The first-order valence-electron chi connectivity index (χ1n) is 13.8. The number of aromatic amines is 2. The Bertz CT molecular complexity index is 1580. The largest absolute Gasteiger partial charge is 0.361 e. The van der Waals surface area contributed by atoms with Gasteiger partial charge in [0.15, 0.2) is 0 Å². The van der Waals surface area contributed by atoms with Crippen LogP contribution in [0, 0.1) is 5.41 Å². The Morgan fingerprint density at radius 2 is 1.45 bits per heavy atom. The average molecular weight is 503 g/mol. The predicted molar refractivity (Wildman–Crippen MR) is 166 cm³/mol. The zero-order chi connectivity index (χ0) is 27.3. The molecular weight excluding hydrogens is 460 g/mol. The number of aromatic nitrogens is 2. The van der Waals surface area contributed by atoms with Crippen LogP contribution in [0.25, 0.3) is 27.9 Å². The van der Waals surface area contributed by atoms with Crippen molar-refractivity contribution in [2.24, 2.45) is 5.41 Å². The van der Waals surface area contributed by atoms with Crippen LogP contribution in [-0.2, 0) is 10.8 Å².